The molecule has 10 heteroatoms. The smallest absolute Gasteiger partial charge is 0.396 e. The molecule has 1 aliphatic rings. The van der Waals surface area contributed by atoms with Gasteiger partial charge in [0.2, 0.25) is 11.8 Å². The number of benzene rings is 1. The van der Waals surface area contributed by atoms with Crippen LogP contribution in [-0.4, -0.2) is 71.4 Å². The number of hydrogen-bond acceptors (Lipinski definition) is 6. The SMILES string of the molecule is COC(=O)C(=O)N1CCC[C@@H]1C(=O)N[C@H](Cc1ccccc1)C(=O)N[C@@H](CC(C)C)C(=O)O. The molecule has 3 amide bonds. The second-order valence-corrected chi connectivity index (χ2v) is 8.43. The molecule has 1 heterocycles. The van der Waals surface area contributed by atoms with Gasteiger partial charge in [0.1, 0.15) is 18.1 Å². The number of esters is 1. The van der Waals surface area contributed by atoms with Crippen molar-refractivity contribution in [2.24, 2.45) is 5.92 Å². The minimum Gasteiger partial charge on any atom is -0.480 e. The first kappa shape index (κ1) is 25.8. The maximum Gasteiger partial charge on any atom is 0.396 e. The van der Waals surface area contributed by atoms with Crippen LogP contribution in [0.25, 0.3) is 0 Å². The lowest BCUT2D eigenvalue weighted by Gasteiger charge is -2.26. The molecule has 3 N–H and O–H groups in total. The number of carbonyl (C=O) groups excluding carboxylic acids is 4. The van der Waals surface area contributed by atoms with Crippen molar-refractivity contribution >= 4 is 29.7 Å². The molecule has 3 atom stereocenters. The summed E-state index contributed by atoms with van der Waals surface area (Å²) in [6.07, 6.45) is 1.21. The van der Waals surface area contributed by atoms with Crippen LogP contribution in [0.15, 0.2) is 30.3 Å². The second-order valence-electron chi connectivity index (χ2n) is 8.43. The largest absolute Gasteiger partial charge is 0.480 e. The van der Waals surface area contributed by atoms with Crippen LogP contribution in [0, 0.1) is 5.92 Å². The van der Waals surface area contributed by atoms with Crippen molar-refractivity contribution in [3.8, 4) is 0 Å². The molecule has 180 valence electrons. The Morgan fingerprint density at radius 2 is 1.76 bits per heavy atom. The molecule has 0 aromatic heterocycles. The van der Waals surface area contributed by atoms with Gasteiger partial charge in [-0.3, -0.25) is 14.4 Å². The van der Waals surface area contributed by atoms with Crippen LogP contribution >= 0.6 is 0 Å². The molecule has 0 radical (unpaired) electrons. The zero-order chi connectivity index (χ0) is 24.5. The molecule has 0 unspecified atom stereocenters. The quantitative estimate of drug-likeness (QED) is 0.359. The third-order valence-corrected chi connectivity index (χ3v) is 5.41. The summed E-state index contributed by atoms with van der Waals surface area (Å²) in [5.74, 6) is -4.33. The summed E-state index contributed by atoms with van der Waals surface area (Å²) in [4.78, 5) is 62.7. The molecule has 1 aromatic rings. The fourth-order valence-corrected chi connectivity index (χ4v) is 3.78. The van der Waals surface area contributed by atoms with Gasteiger partial charge in [-0.1, -0.05) is 44.2 Å². The van der Waals surface area contributed by atoms with Gasteiger partial charge in [-0.25, -0.2) is 9.59 Å². The Balaban J connectivity index is 2.20. The monoisotopic (exact) mass is 461 g/mol. The van der Waals surface area contributed by atoms with E-state index < -0.39 is 47.8 Å². The Kier molecular flexibility index (Phi) is 9.38. The van der Waals surface area contributed by atoms with E-state index in [-0.39, 0.29) is 25.3 Å². The van der Waals surface area contributed by atoms with Gasteiger partial charge in [-0.2, -0.15) is 0 Å². The highest BCUT2D eigenvalue weighted by atomic mass is 16.5. The highest BCUT2D eigenvalue weighted by Gasteiger charge is 2.39. The molecule has 2 rings (SSSR count). The number of hydrogen-bond donors (Lipinski definition) is 3. The lowest BCUT2D eigenvalue weighted by Crippen LogP contribution is -2.56. The fourth-order valence-electron chi connectivity index (χ4n) is 3.78. The first-order chi connectivity index (χ1) is 15.6. The average molecular weight is 462 g/mol. The van der Waals surface area contributed by atoms with E-state index in [1.54, 1.807) is 24.3 Å². The van der Waals surface area contributed by atoms with Crippen molar-refractivity contribution in [1.82, 2.24) is 15.5 Å². The van der Waals surface area contributed by atoms with Crippen molar-refractivity contribution in [3.63, 3.8) is 0 Å². The third kappa shape index (κ3) is 7.30. The number of ether oxygens (including phenoxy) is 1. The lowest BCUT2D eigenvalue weighted by molar-refractivity contribution is -0.159. The molecule has 1 saturated heterocycles. The highest BCUT2D eigenvalue weighted by molar-refractivity contribution is 6.32. The van der Waals surface area contributed by atoms with E-state index in [1.807, 2.05) is 19.9 Å². The summed E-state index contributed by atoms with van der Waals surface area (Å²) < 4.78 is 4.47. The van der Waals surface area contributed by atoms with E-state index in [0.29, 0.717) is 12.8 Å². The zero-order valence-corrected chi connectivity index (χ0v) is 19.1. The van der Waals surface area contributed by atoms with Gasteiger partial charge in [0.15, 0.2) is 0 Å². The molecule has 0 spiro atoms. The van der Waals surface area contributed by atoms with E-state index in [2.05, 4.69) is 15.4 Å². The van der Waals surface area contributed by atoms with E-state index in [9.17, 15) is 29.1 Å². The van der Waals surface area contributed by atoms with Crippen molar-refractivity contribution < 1.29 is 33.8 Å². The van der Waals surface area contributed by atoms with E-state index >= 15 is 0 Å². The van der Waals surface area contributed by atoms with Crippen molar-refractivity contribution in [2.75, 3.05) is 13.7 Å². The number of amides is 3. The van der Waals surface area contributed by atoms with Crippen molar-refractivity contribution in [1.29, 1.82) is 0 Å². The predicted molar refractivity (Wildman–Crippen MR) is 118 cm³/mol. The number of aliphatic carboxylic acids is 1. The third-order valence-electron chi connectivity index (χ3n) is 5.41. The summed E-state index contributed by atoms with van der Waals surface area (Å²) in [6, 6.07) is 5.89. The maximum atomic E-state index is 13.0. The van der Waals surface area contributed by atoms with Crippen molar-refractivity contribution in [3.05, 3.63) is 35.9 Å². The summed E-state index contributed by atoms with van der Waals surface area (Å²) in [5, 5.41) is 14.7. The number of methoxy groups -OCH3 is 1. The van der Waals surface area contributed by atoms with Crippen LogP contribution in [0.1, 0.15) is 38.7 Å². The normalized spacial score (nSPS) is 17.2. The Labute approximate surface area is 192 Å². The van der Waals surface area contributed by atoms with Crippen molar-refractivity contribution in [2.45, 2.75) is 57.7 Å². The molecule has 33 heavy (non-hydrogen) atoms. The molecular formula is C23H31N3O7. The van der Waals surface area contributed by atoms with Gasteiger partial charge >= 0.3 is 17.8 Å². The molecule has 1 aromatic carbocycles. The molecule has 1 fully saturated rings. The first-order valence-electron chi connectivity index (χ1n) is 10.9. The fraction of sp³-hybridized carbons (Fsp3) is 0.522. The van der Waals surface area contributed by atoms with Crippen LogP contribution < -0.4 is 10.6 Å². The minimum absolute atomic E-state index is 0.0324. The van der Waals surface area contributed by atoms with Crippen LogP contribution in [0.3, 0.4) is 0 Å². The number of rotatable bonds is 9. The summed E-state index contributed by atoms with van der Waals surface area (Å²) in [6.45, 7) is 3.91. The van der Waals surface area contributed by atoms with Gasteiger partial charge in [0.05, 0.1) is 7.11 Å². The Bertz CT molecular complexity index is 872. The summed E-state index contributed by atoms with van der Waals surface area (Å²) in [7, 11) is 1.08. The number of nitrogens with zero attached hydrogens (tertiary/aromatic N) is 1. The maximum absolute atomic E-state index is 13.0. The number of nitrogens with one attached hydrogen (secondary N) is 2. The second kappa shape index (κ2) is 12.0. The molecule has 10 nitrogen and oxygen atoms in total. The van der Waals surface area contributed by atoms with Gasteiger partial charge in [0.25, 0.3) is 0 Å². The molecule has 0 saturated carbocycles. The van der Waals surface area contributed by atoms with Crippen LogP contribution in [0.2, 0.25) is 0 Å². The lowest BCUT2D eigenvalue weighted by atomic mass is 10.0. The first-order valence-corrected chi connectivity index (χ1v) is 10.9. The topological polar surface area (TPSA) is 142 Å². The Morgan fingerprint density at radius 1 is 1.09 bits per heavy atom. The number of carbonyl (C=O) groups is 5. The van der Waals surface area contributed by atoms with Gasteiger partial charge < -0.3 is 25.4 Å². The molecular weight excluding hydrogens is 430 g/mol. The summed E-state index contributed by atoms with van der Waals surface area (Å²) >= 11 is 0. The van der Waals surface area contributed by atoms with Gasteiger partial charge in [0, 0.05) is 13.0 Å². The molecule has 0 bridgehead atoms. The summed E-state index contributed by atoms with van der Waals surface area (Å²) in [5.41, 5.74) is 0.766. The molecule has 1 aliphatic heterocycles. The molecule has 0 aliphatic carbocycles. The average Bonchev–Trinajstić information content (AvgIpc) is 3.27. The van der Waals surface area contributed by atoms with E-state index in [1.165, 1.54) is 0 Å². The number of carboxylic acids is 1. The highest BCUT2D eigenvalue weighted by Crippen LogP contribution is 2.18. The van der Waals surface area contributed by atoms with E-state index in [4.69, 9.17) is 0 Å². The Hall–Kier alpha value is -3.43. The number of carboxylic acid groups (broad SMARTS) is 1. The van der Waals surface area contributed by atoms with Gasteiger partial charge in [-0.05, 0) is 30.7 Å². The predicted octanol–water partition coefficient (Wildman–Crippen LogP) is 0.493. The van der Waals surface area contributed by atoms with Crippen LogP contribution in [-0.2, 0) is 35.1 Å². The Morgan fingerprint density at radius 3 is 2.33 bits per heavy atom. The standard InChI is InChI=1S/C23H31N3O7/c1-14(2)12-17(22(30)31)25-19(27)16(13-15-8-5-4-6-9-15)24-20(28)18-10-7-11-26(18)21(29)23(32)33-3/h4-6,8-9,14,16-18H,7,10-13H2,1-3H3,(H,24,28)(H,25,27)(H,30,31)/t16-,17+,18-/m1/s1. The van der Waals surface area contributed by atoms with Crippen LogP contribution in [0.5, 0.6) is 0 Å². The van der Waals surface area contributed by atoms with Crippen LogP contribution in [0.4, 0.5) is 0 Å². The van der Waals surface area contributed by atoms with E-state index in [0.717, 1.165) is 17.6 Å². The zero-order valence-electron chi connectivity index (χ0n) is 19.1. The minimum atomic E-state index is -1.16. The van der Waals surface area contributed by atoms with Gasteiger partial charge in [-0.15, -0.1) is 0 Å². The number of likely N-dealkylation sites (tertiary alicyclic amines) is 1.